The molecule has 120 valence electrons. The van der Waals surface area contributed by atoms with Crippen molar-refractivity contribution in [2.24, 2.45) is 5.92 Å². The maximum Gasteiger partial charge on any atom is 0.225 e. The average molecular weight is 295 g/mol. The molecular weight excluding hydrogens is 266 g/mol. The molecule has 0 spiro atoms. The molecule has 3 aliphatic heterocycles. The molecule has 1 N–H and O–H groups in total. The van der Waals surface area contributed by atoms with Crippen molar-refractivity contribution in [1.82, 2.24) is 15.1 Å². The molecule has 0 radical (unpaired) electrons. The van der Waals surface area contributed by atoms with Gasteiger partial charge in [0.15, 0.2) is 0 Å². The van der Waals surface area contributed by atoms with Gasteiger partial charge in [-0.05, 0) is 52.2 Å². The minimum atomic E-state index is 0.00584. The maximum absolute atomic E-state index is 12.6. The van der Waals surface area contributed by atoms with E-state index in [0.29, 0.717) is 11.9 Å². The second-order valence-electron chi connectivity index (χ2n) is 6.78. The number of nitrogens with zero attached hydrogens (tertiary/aromatic N) is 2. The Morgan fingerprint density at radius 2 is 1.90 bits per heavy atom. The third kappa shape index (κ3) is 3.10. The summed E-state index contributed by atoms with van der Waals surface area (Å²) >= 11 is 0. The van der Waals surface area contributed by atoms with Crippen molar-refractivity contribution in [1.29, 1.82) is 0 Å². The highest BCUT2D eigenvalue weighted by atomic mass is 16.6. The molecule has 5 heteroatoms. The van der Waals surface area contributed by atoms with Crippen LogP contribution in [-0.2, 0) is 9.53 Å². The van der Waals surface area contributed by atoms with Crippen LogP contribution in [0.3, 0.4) is 0 Å². The van der Waals surface area contributed by atoms with E-state index in [1.807, 2.05) is 0 Å². The first-order valence-corrected chi connectivity index (χ1v) is 8.52. The van der Waals surface area contributed by atoms with Crippen LogP contribution in [0.15, 0.2) is 0 Å². The molecule has 1 unspecified atom stereocenters. The number of likely N-dealkylation sites (N-methyl/N-ethyl adjacent to an activating group) is 1. The number of likely N-dealkylation sites (tertiary alicyclic amines) is 1. The molecule has 1 atom stereocenters. The summed E-state index contributed by atoms with van der Waals surface area (Å²) in [5.41, 5.74) is 0.00584. The van der Waals surface area contributed by atoms with Gasteiger partial charge in [-0.1, -0.05) is 6.92 Å². The molecule has 1 amide bonds. The van der Waals surface area contributed by atoms with Crippen LogP contribution in [0.4, 0.5) is 0 Å². The van der Waals surface area contributed by atoms with Crippen LogP contribution in [0.25, 0.3) is 0 Å². The van der Waals surface area contributed by atoms with Crippen LogP contribution >= 0.6 is 0 Å². The topological polar surface area (TPSA) is 48.1 Å². The van der Waals surface area contributed by atoms with Crippen molar-refractivity contribution in [3.8, 4) is 0 Å². The van der Waals surface area contributed by atoms with E-state index in [2.05, 4.69) is 29.1 Å². The third-order valence-electron chi connectivity index (χ3n) is 5.69. The van der Waals surface area contributed by atoms with Gasteiger partial charge in [0.1, 0.15) is 5.72 Å². The summed E-state index contributed by atoms with van der Waals surface area (Å²) in [7, 11) is 2.19. The number of hydrogen-bond acceptors (Lipinski definition) is 4. The Bertz CT molecular complexity index is 370. The summed E-state index contributed by atoms with van der Waals surface area (Å²) in [5.74, 6) is 0.653. The van der Waals surface area contributed by atoms with Crippen molar-refractivity contribution in [2.75, 3.05) is 39.8 Å². The Balaban J connectivity index is 1.49. The molecule has 3 aliphatic rings. The van der Waals surface area contributed by atoms with Crippen molar-refractivity contribution in [2.45, 2.75) is 50.8 Å². The van der Waals surface area contributed by atoms with Gasteiger partial charge in [-0.3, -0.25) is 9.69 Å². The fourth-order valence-corrected chi connectivity index (χ4v) is 3.87. The monoisotopic (exact) mass is 295 g/mol. The van der Waals surface area contributed by atoms with Crippen LogP contribution in [0.5, 0.6) is 0 Å². The smallest absolute Gasteiger partial charge is 0.225 e. The van der Waals surface area contributed by atoms with Crippen molar-refractivity contribution in [3.05, 3.63) is 0 Å². The Kier molecular flexibility index (Phi) is 4.52. The van der Waals surface area contributed by atoms with Crippen LogP contribution in [-0.4, -0.2) is 67.3 Å². The quantitative estimate of drug-likeness (QED) is 0.788. The number of piperidine rings is 2. The number of carbonyl (C=O) groups excluding carboxylic acids is 1. The number of carbonyl (C=O) groups is 1. The molecule has 0 aliphatic carbocycles. The summed E-state index contributed by atoms with van der Waals surface area (Å²) < 4.78 is 5.67. The first kappa shape index (κ1) is 15.3. The van der Waals surface area contributed by atoms with E-state index >= 15 is 0 Å². The average Bonchev–Trinajstić information content (AvgIpc) is 3.36. The highest BCUT2D eigenvalue weighted by Crippen LogP contribution is 2.37. The molecular formula is C16H29N3O2. The van der Waals surface area contributed by atoms with Gasteiger partial charge in [0.05, 0.1) is 6.61 Å². The summed E-state index contributed by atoms with van der Waals surface area (Å²) in [6, 6.07) is 0.560. The van der Waals surface area contributed by atoms with E-state index in [-0.39, 0.29) is 11.6 Å². The second kappa shape index (κ2) is 6.23. The molecule has 3 saturated heterocycles. The maximum atomic E-state index is 12.6. The van der Waals surface area contributed by atoms with E-state index < -0.39 is 0 Å². The SMILES string of the molecule is CCC1(N(C)C2CCN(C(=O)C3CCNCC3)CC2)CO1. The van der Waals surface area contributed by atoms with Crippen molar-refractivity contribution in [3.63, 3.8) is 0 Å². The van der Waals surface area contributed by atoms with Crippen LogP contribution < -0.4 is 5.32 Å². The van der Waals surface area contributed by atoms with E-state index in [4.69, 9.17) is 4.74 Å². The fourth-order valence-electron chi connectivity index (χ4n) is 3.87. The molecule has 3 fully saturated rings. The van der Waals surface area contributed by atoms with Gasteiger partial charge < -0.3 is 15.0 Å². The minimum absolute atomic E-state index is 0.00584. The second-order valence-corrected chi connectivity index (χ2v) is 6.78. The molecule has 0 aromatic carbocycles. The predicted octanol–water partition coefficient (Wildman–Crippen LogP) is 1.05. The highest BCUT2D eigenvalue weighted by molar-refractivity contribution is 5.79. The Morgan fingerprint density at radius 3 is 2.43 bits per heavy atom. The van der Waals surface area contributed by atoms with Gasteiger partial charge in [-0.25, -0.2) is 0 Å². The first-order valence-electron chi connectivity index (χ1n) is 8.52. The van der Waals surface area contributed by atoms with E-state index in [1.165, 1.54) is 0 Å². The van der Waals surface area contributed by atoms with Crippen LogP contribution in [0.1, 0.15) is 39.0 Å². The lowest BCUT2D eigenvalue weighted by Gasteiger charge is -2.40. The van der Waals surface area contributed by atoms with Crippen molar-refractivity contribution < 1.29 is 9.53 Å². The van der Waals surface area contributed by atoms with Gasteiger partial charge in [0.25, 0.3) is 0 Å². The molecule has 3 heterocycles. The summed E-state index contributed by atoms with van der Waals surface area (Å²) in [4.78, 5) is 17.1. The number of rotatable bonds is 4. The zero-order valence-electron chi connectivity index (χ0n) is 13.4. The van der Waals surface area contributed by atoms with E-state index in [0.717, 1.165) is 64.9 Å². The number of epoxide rings is 1. The van der Waals surface area contributed by atoms with Crippen LogP contribution in [0, 0.1) is 5.92 Å². The van der Waals surface area contributed by atoms with Gasteiger partial charge in [-0.2, -0.15) is 0 Å². The number of hydrogen-bond donors (Lipinski definition) is 1. The third-order valence-corrected chi connectivity index (χ3v) is 5.69. The summed E-state index contributed by atoms with van der Waals surface area (Å²) in [5, 5.41) is 3.33. The fraction of sp³-hybridized carbons (Fsp3) is 0.938. The van der Waals surface area contributed by atoms with Gasteiger partial charge >= 0.3 is 0 Å². The standard InChI is InChI=1S/C16H29N3O2/c1-3-16(12-21-16)18(2)14-6-10-19(11-7-14)15(20)13-4-8-17-9-5-13/h13-14,17H,3-12H2,1-2H3. The van der Waals surface area contributed by atoms with E-state index in [1.54, 1.807) is 0 Å². The normalized spacial score (nSPS) is 31.7. The first-order chi connectivity index (χ1) is 10.2. The molecule has 0 saturated carbocycles. The highest BCUT2D eigenvalue weighted by Gasteiger charge is 2.49. The minimum Gasteiger partial charge on any atom is -0.354 e. The molecule has 0 aromatic rings. The number of nitrogens with one attached hydrogen (secondary N) is 1. The van der Waals surface area contributed by atoms with Crippen molar-refractivity contribution >= 4 is 5.91 Å². The zero-order valence-corrected chi connectivity index (χ0v) is 13.4. The molecule has 21 heavy (non-hydrogen) atoms. The van der Waals surface area contributed by atoms with Gasteiger partial charge in [-0.15, -0.1) is 0 Å². The predicted molar refractivity (Wildman–Crippen MR) is 81.9 cm³/mol. The number of ether oxygens (including phenoxy) is 1. The largest absolute Gasteiger partial charge is 0.354 e. The molecule has 0 aromatic heterocycles. The van der Waals surface area contributed by atoms with E-state index in [9.17, 15) is 4.79 Å². The van der Waals surface area contributed by atoms with Gasteiger partial charge in [0, 0.05) is 25.0 Å². The van der Waals surface area contributed by atoms with Crippen LogP contribution in [0.2, 0.25) is 0 Å². The lowest BCUT2D eigenvalue weighted by Crippen LogP contribution is -2.51. The Morgan fingerprint density at radius 1 is 1.29 bits per heavy atom. The Hall–Kier alpha value is -0.650. The van der Waals surface area contributed by atoms with Gasteiger partial charge in [0.2, 0.25) is 5.91 Å². The zero-order chi connectivity index (χ0) is 14.9. The molecule has 5 nitrogen and oxygen atoms in total. The lowest BCUT2D eigenvalue weighted by atomic mass is 9.94. The summed E-state index contributed by atoms with van der Waals surface area (Å²) in [6.45, 7) is 6.88. The molecule has 0 bridgehead atoms. The lowest BCUT2D eigenvalue weighted by molar-refractivity contribution is -0.138. The molecule has 3 rings (SSSR count). The number of amides is 1. The summed E-state index contributed by atoms with van der Waals surface area (Å²) in [6.07, 6.45) is 5.23. The Labute approximate surface area is 128 Å².